The predicted octanol–water partition coefficient (Wildman–Crippen LogP) is 6.19. The van der Waals surface area contributed by atoms with Gasteiger partial charge in [-0.05, 0) is 64.2 Å². The van der Waals surface area contributed by atoms with Crippen LogP contribution in [0.25, 0.3) is 0 Å². The van der Waals surface area contributed by atoms with Crippen LogP contribution in [0.4, 0.5) is 23.9 Å². The largest absolute Gasteiger partial charge is 0.462 e. The molecule has 1 aromatic carbocycles. The summed E-state index contributed by atoms with van der Waals surface area (Å²) in [6.45, 7) is 5.39. The number of thiophene rings is 1. The van der Waals surface area contributed by atoms with Gasteiger partial charge in [0, 0.05) is 16.6 Å². The highest BCUT2D eigenvalue weighted by Gasteiger charge is 2.41. The van der Waals surface area contributed by atoms with Gasteiger partial charge in [-0.3, -0.25) is 4.79 Å². The van der Waals surface area contributed by atoms with Gasteiger partial charge >= 0.3 is 12.1 Å². The molecule has 0 saturated carbocycles. The number of carbonyl (C=O) groups excluding carboxylic acids is 2. The van der Waals surface area contributed by atoms with Gasteiger partial charge in [0.1, 0.15) is 5.00 Å². The van der Waals surface area contributed by atoms with Crippen LogP contribution in [0.1, 0.15) is 60.0 Å². The van der Waals surface area contributed by atoms with E-state index in [-0.39, 0.29) is 18.2 Å². The first-order chi connectivity index (χ1) is 16.1. The minimum atomic E-state index is -4.51. The summed E-state index contributed by atoms with van der Waals surface area (Å²) >= 11 is 1.39. The fourth-order valence-electron chi connectivity index (χ4n) is 4.86. The number of anilines is 2. The Balaban J connectivity index is 1.62. The maximum absolute atomic E-state index is 13.6. The number of amides is 1. The summed E-state index contributed by atoms with van der Waals surface area (Å²) in [5.41, 5.74) is 1.20. The molecule has 1 aromatic heterocycles. The van der Waals surface area contributed by atoms with E-state index >= 15 is 0 Å². The van der Waals surface area contributed by atoms with Crippen LogP contribution in [-0.4, -0.2) is 24.5 Å². The second-order valence-electron chi connectivity index (χ2n) is 8.58. The van der Waals surface area contributed by atoms with Crippen molar-refractivity contribution in [3.63, 3.8) is 0 Å². The monoisotopic (exact) mass is 492 g/mol. The second-order valence-corrected chi connectivity index (χ2v) is 9.69. The second kappa shape index (κ2) is 9.44. The van der Waals surface area contributed by atoms with Crippen molar-refractivity contribution in [2.24, 2.45) is 5.92 Å². The first-order valence-corrected chi connectivity index (χ1v) is 12.2. The normalized spacial score (nSPS) is 20.1. The Morgan fingerprint density at radius 2 is 1.91 bits per heavy atom. The Morgan fingerprint density at radius 1 is 1.21 bits per heavy atom. The molecule has 9 heteroatoms. The number of nitrogens with zero attached hydrogens (tertiary/aromatic N) is 1. The molecule has 2 atom stereocenters. The molecule has 4 rings (SSSR count). The SMILES string of the molecule is CCOC(=O)c1c(NC(=O)C2C=C(C)N(c3ccccc3C(F)(F)F)C2C)sc2c1CCCC2. The number of carbonyl (C=O) groups is 2. The van der Waals surface area contributed by atoms with E-state index in [9.17, 15) is 22.8 Å². The van der Waals surface area contributed by atoms with Crippen molar-refractivity contribution in [3.8, 4) is 0 Å². The average Bonchev–Trinajstić information content (AvgIpc) is 3.29. The predicted molar refractivity (Wildman–Crippen MR) is 126 cm³/mol. The van der Waals surface area contributed by atoms with Crippen molar-refractivity contribution in [2.45, 2.75) is 58.7 Å². The number of nitrogens with one attached hydrogen (secondary N) is 1. The number of fused-ring (bicyclic) bond motifs is 1. The number of rotatable bonds is 5. The standard InChI is InChI=1S/C25H27F3N2O3S/c1-4-33-24(32)21-16-9-5-8-12-20(16)34-23(21)29-22(31)17-13-14(2)30(15(17)3)19-11-7-6-10-18(19)25(26,27)28/h6-7,10-11,13,15,17H,4-5,8-9,12H2,1-3H3,(H,29,31). The third-order valence-corrected chi connectivity index (χ3v) is 7.59. The zero-order valence-corrected chi connectivity index (χ0v) is 20.1. The van der Waals surface area contributed by atoms with Gasteiger partial charge in [0.25, 0.3) is 0 Å². The highest BCUT2D eigenvalue weighted by atomic mass is 32.1. The average molecular weight is 493 g/mol. The van der Waals surface area contributed by atoms with Crippen LogP contribution in [0.5, 0.6) is 0 Å². The van der Waals surface area contributed by atoms with Crippen molar-refractivity contribution < 1.29 is 27.5 Å². The molecule has 34 heavy (non-hydrogen) atoms. The minimum absolute atomic E-state index is 0.0188. The van der Waals surface area contributed by atoms with Crippen LogP contribution in [-0.2, 0) is 28.5 Å². The molecule has 2 heterocycles. The van der Waals surface area contributed by atoms with Gasteiger partial charge in [0.2, 0.25) is 5.91 Å². The molecule has 1 amide bonds. The number of aryl methyl sites for hydroxylation is 1. The van der Waals surface area contributed by atoms with E-state index in [1.54, 1.807) is 37.8 Å². The molecule has 5 nitrogen and oxygen atoms in total. The van der Waals surface area contributed by atoms with Gasteiger partial charge in [0.05, 0.1) is 29.3 Å². The van der Waals surface area contributed by atoms with E-state index < -0.39 is 29.7 Å². The smallest absolute Gasteiger partial charge is 0.418 e. The minimum Gasteiger partial charge on any atom is -0.462 e. The molecule has 1 N–H and O–H groups in total. The molecule has 2 unspecified atom stereocenters. The van der Waals surface area contributed by atoms with Crippen LogP contribution in [0.3, 0.4) is 0 Å². The number of benzene rings is 1. The number of allylic oxidation sites excluding steroid dienone is 1. The van der Waals surface area contributed by atoms with Crippen LogP contribution in [0.15, 0.2) is 36.0 Å². The maximum atomic E-state index is 13.6. The number of esters is 1. The Bertz CT molecular complexity index is 1140. The topological polar surface area (TPSA) is 58.6 Å². The fourth-order valence-corrected chi connectivity index (χ4v) is 6.14. The zero-order valence-electron chi connectivity index (χ0n) is 19.3. The van der Waals surface area contributed by atoms with E-state index in [1.807, 2.05) is 0 Å². The Labute approximate surface area is 200 Å². The van der Waals surface area contributed by atoms with Gasteiger partial charge in [-0.2, -0.15) is 13.2 Å². The molecule has 2 aliphatic rings. The van der Waals surface area contributed by atoms with Crippen LogP contribution in [0.2, 0.25) is 0 Å². The number of ether oxygens (including phenoxy) is 1. The maximum Gasteiger partial charge on any atom is 0.418 e. The molecule has 2 aromatic rings. The van der Waals surface area contributed by atoms with Gasteiger partial charge in [0.15, 0.2) is 0 Å². The summed E-state index contributed by atoms with van der Waals surface area (Å²) in [5.74, 6) is -1.50. The third-order valence-electron chi connectivity index (χ3n) is 6.39. The lowest BCUT2D eigenvalue weighted by atomic mass is 9.95. The van der Waals surface area contributed by atoms with Crippen LogP contribution < -0.4 is 10.2 Å². The number of para-hydroxylation sites is 1. The van der Waals surface area contributed by atoms with E-state index in [0.29, 0.717) is 16.3 Å². The molecule has 0 saturated heterocycles. The molecule has 1 aliphatic heterocycles. The summed E-state index contributed by atoms with van der Waals surface area (Å²) in [7, 11) is 0. The molecule has 0 bridgehead atoms. The molecule has 0 fully saturated rings. The van der Waals surface area contributed by atoms with Gasteiger partial charge < -0.3 is 15.0 Å². The Morgan fingerprint density at radius 3 is 2.62 bits per heavy atom. The van der Waals surface area contributed by atoms with E-state index in [0.717, 1.165) is 42.2 Å². The van der Waals surface area contributed by atoms with Crippen molar-refractivity contribution in [1.29, 1.82) is 0 Å². The lowest BCUT2D eigenvalue weighted by molar-refractivity contribution is -0.137. The molecular formula is C25H27F3N2O3S. The number of alkyl halides is 3. The first-order valence-electron chi connectivity index (χ1n) is 11.4. The molecule has 182 valence electrons. The zero-order chi connectivity index (χ0) is 24.6. The van der Waals surface area contributed by atoms with Crippen LogP contribution >= 0.6 is 11.3 Å². The van der Waals surface area contributed by atoms with Crippen molar-refractivity contribution in [2.75, 3.05) is 16.8 Å². The lowest BCUT2D eigenvalue weighted by Crippen LogP contribution is -2.37. The van der Waals surface area contributed by atoms with Gasteiger partial charge in [-0.25, -0.2) is 4.79 Å². The summed E-state index contributed by atoms with van der Waals surface area (Å²) in [6, 6.07) is 4.84. The van der Waals surface area contributed by atoms with E-state index in [2.05, 4.69) is 5.32 Å². The highest BCUT2D eigenvalue weighted by Crippen LogP contribution is 2.43. The summed E-state index contributed by atoms with van der Waals surface area (Å²) in [5, 5.41) is 3.36. The summed E-state index contributed by atoms with van der Waals surface area (Å²) in [6.07, 6.45) is 0.781. The third kappa shape index (κ3) is 4.45. The quantitative estimate of drug-likeness (QED) is 0.506. The Hall–Kier alpha value is -2.81. The summed E-state index contributed by atoms with van der Waals surface area (Å²) in [4.78, 5) is 28.7. The van der Waals surface area contributed by atoms with Crippen molar-refractivity contribution in [1.82, 2.24) is 0 Å². The van der Waals surface area contributed by atoms with Crippen LogP contribution in [0, 0.1) is 5.92 Å². The van der Waals surface area contributed by atoms with Crippen molar-refractivity contribution in [3.05, 3.63) is 57.6 Å². The Kier molecular flexibility index (Phi) is 6.75. The summed E-state index contributed by atoms with van der Waals surface area (Å²) < 4.78 is 46.1. The number of hydrogen-bond acceptors (Lipinski definition) is 5. The number of halogens is 3. The van der Waals surface area contributed by atoms with Crippen molar-refractivity contribution >= 4 is 33.9 Å². The van der Waals surface area contributed by atoms with E-state index in [4.69, 9.17) is 4.74 Å². The molecular weight excluding hydrogens is 465 g/mol. The van der Waals surface area contributed by atoms with Gasteiger partial charge in [-0.15, -0.1) is 11.3 Å². The molecule has 0 spiro atoms. The first kappa shape index (κ1) is 24.3. The lowest BCUT2D eigenvalue weighted by Gasteiger charge is -2.30. The molecule has 0 radical (unpaired) electrons. The highest BCUT2D eigenvalue weighted by molar-refractivity contribution is 7.17. The van der Waals surface area contributed by atoms with E-state index in [1.165, 1.54) is 23.5 Å². The molecule has 1 aliphatic carbocycles. The number of hydrogen-bond donors (Lipinski definition) is 1. The van der Waals surface area contributed by atoms with Gasteiger partial charge in [-0.1, -0.05) is 18.2 Å². The fraction of sp³-hybridized carbons (Fsp3) is 0.440.